The lowest BCUT2D eigenvalue weighted by Crippen LogP contribution is -2.25. The zero-order chi connectivity index (χ0) is 23.7. The van der Waals surface area contributed by atoms with Crippen LogP contribution < -0.4 is 0 Å². The van der Waals surface area contributed by atoms with E-state index in [0.29, 0.717) is 11.4 Å². The molecule has 1 aromatic heterocycles. The minimum Gasteiger partial charge on any atom is -0.408 e. The number of allylic oxidation sites excluding steroid dienone is 1. The van der Waals surface area contributed by atoms with Crippen LogP contribution in [-0.4, -0.2) is 30.5 Å². The summed E-state index contributed by atoms with van der Waals surface area (Å²) in [5.41, 5.74) is 1.70. The van der Waals surface area contributed by atoms with Gasteiger partial charge in [0.15, 0.2) is 0 Å². The van der Waals surface area contributed by atoms with Crippen LogP contribution >= 0.6 is 0 Å². The second-order valence-corrected chi connectivity index (χ2v) is 9.08. The second-order valence-electron chi connectivity index (χ2n) is 7.28. The summed E-state index contributed by atoms with van der Waals surface area (Å²) >= 11 is 0. The van der Waals surface area contributed by atoms with Crippen LogP contribution in [0.5, 0.6) is 0 Å². The molecular formula is C21H16F3N3O4S. The van der Waals surface area contributed by atoms with Crippen molar-refractivity contribution in [3.8, 4) is 6.07 Å². The first-order chi connectivity index (χ1) is 14.8. The number of carbonyl (C=O) groups is 1. The maximum absolute atomic E-state index is 12.5. The Bertz CT molecular complexity index is 1320. The van der Waals surface area contributed by atoms with Crippen molar-refractivity contribution >= 4 is 26.8 Å². The average Bonchev–Trinajstić information content (AvgIpc) is 3.17. The minimum atomic E-state index is -5.37. The number of ether oxygens (including phenoxy) is 1. The number of alkyl halides is 3. The van der Waals surface area contributed by atoms with E-state index in [1.54, 1.807) is 0 Å². The molecule has 0 saturated heterocycles. The number of halogens is 3. The summed E-state index contributed by atoms with van der Waals surface area (Å²) in [7, 11) is -4.36. The smallest absolute Gasteiger partial charge is 0.408 e. The fourth-order valence-corrected chi connectivity index (χ4v) is 3.92. The Kier molecular flexibility index (Phi) is 5.84. The molecule has 11 heteroatoms. The number of carbonyl (C=O) groups excluding carboxylic acids is 1. The van der Waals surface area contributed by atoms with Crippen molar-refractivity contribution in [1.29, 1.82) is 5.26 Å². The third-order valence-corrected chi connectivity index (χ3v) is 6.15. The highest BCUT2D eigenvalue weighted by atomic mass is 32.2. The van der Waals surface area contributed by atoms with Crippen LogP contribution in [0.4, 0.5) is 13.2 Å². The fourth-order valence-electron chi connectivity index (χ4n) is 2.89. The van der Waals surface area contributed by atoms with Gasteiger partial charge in [0, 0.05) is 5.41 Å². The number of hydrogen-bond donors (Lipinski definition) is 1. The highest BCUT2D eigenvalue weighted by Crippen LogP contribution is 2.32. The topological polar surface area (TPSA) is 113 Å². The van der Waals surface area contributed by atoms with E-state index in [0.717, 1.165) is 17.1 Å². The third-order valence-electron chi connectivity index (χ3n) is 4.69. The lowest BCUT2D eigenvalue weighted by atomic mass is 9.84. The Hall–Kier alpha value is -3.65. The number of rotatable bonds is 5. The van der Waals surface area contributed by atoms with Crippen LogP contribution in [0.2, 0.25) is 0 Å². The zero-order valence-corrected chi connectivity index (χ0v) is 17.6. The number of para-hydroxylation sites is 2. The molecule has 1 heterocycles. The number of aromatic nitrogens is 2. The summed E-state index contributed by atoms with van der Waals surface area (Å²) in [4.78, 5) is 18.4. The zero-order valence-electron chi connectivity index (χ0n) is 16.8. The molecule has 0 aliphatic rings. The number of aromatic amines is 1. The Morgan fingerprint density at radius 1 is 1.12 bits per heavy atom. The number of H-pyrrole nitrogens is 1. The molecule has 3 rings (SSSR count). The van der Waals surface area contributed by atoms with Crippen molar-refractivity contribution in [2.75, 3.05) is 0 Å². The summed E-state index contributed by atoms with van der Waals surface area (Å²) in [6.45, 7) is 3.77. The summed E-state index contributed by atoms with van der Waals surface area (Å²) in [5.74, 6) is -3.33. The standard InChI is InChI=1S/C21H16F3N3O4S/c1-20(2,18-26-16-5-3-4-6-17(16)27-18)13-7-9-15(10-8-13)32(29,30)12-14(11-25)31-19(28)21(22,23)24/h3-10,12H,1-2H3,(H,26,27)/b14-12+. The van der Waals surface area contributed by atoms with Crippen molar-refractivity contribution in [1.82, 2.24) is 9.97 Å². The van der Waals surface area contributed by atoms with Crippen LogP contribution in [0.1, 0.15) is 25.2 Å². The number of imidazole rings is 1. The van der Waals surface area contributed by atoms with Gasteiger partial charge >= 0.3 is 12.1 Å². The number of fused-ring (bicyclic) bond motifs is 1. The van der Waals surface area contributed by atoms with Gasteiger partial charge in [0.05, 0.1) is 21.3 Å². The first-order valence-corrected chi connectivity index (χ1v) is 10.6. The summed E-state index contributed by atoms with van der Waals surface area (Å²) in [6, 6.07) is 14.1. The SMILES string of the molecule is CC(C)(c1ccc(S(=O)(=O)/C=C(\C#N)OC(=O)C(F)(F)F)cc1)c1nc2ccccc2[nH]1. The lowest BCUT2D eigenvalue weighted by molar-refractivity contribution is -0.194. The van der Waals surface area contributed by atoms with Gasteiger partial charge in [-0.3, -0.25) is 0 Å². The van der Waals surface area contributed by atoms with Crippen molar-refractivity contribution in [3.63, 3.8) is 0 Å². The van der Waals surface area contributed by atoms with Gasteiger partial charge < -0.3 is 9.72 Å². The molecule has 0 spiro atoms. The van der Waals surface area contributed by atoms with Crippen LogP contribution in [-0.2, 0) is 24.8 Å². The Morgan fingerprint density at radius 3 is 2.31 bits per heavy atom. The van der Waals surface area contributed by atoms with E-state index in [1.165, 1.54) is 24.3 Å². The molecule has 0 amide bonds. The van der Waals surface area contributed by atoms with Crippen LogP contribution in [0, 0.1) is 11.3 Å². The van der Waals surface area contributed by atoms with Crippen molar-refractivity contribution in [2.24, 2.45) is 0 Å². The van der Waals surface area contributed by atoms with Gasteiger partial charge in [0.25, 0.3) is 0 Å². The van der Waals surface area contributed by atoms with Crippen molar-refractivity contribution < 1.29 is 31.1 Å². The summed E-state index contributed by atoms with van der Waals surface area (Å²) < 4.78 is 65.6. The molecule has 0 radical (unpaired) electrons. The maximum atomic E-state index is 12.5. The van der Waals surface area contributed by atoms with E-state index in [4.69, 9.17) is 5.26 Å². The Morgan fingerprint density at radius 2 is 1.75 bits per heavy atom. The van der Waals surface area contributed by atoms with Crippen LogP contribution in [0.3, 0.4) is 0 Å². The number of benzene rings is 2. The minimum absolute atomic E-state index is 0.177. The van der Waals surface area contributed by atoms with Gasteiger partial charge in [0.1, 0.15) is 11.9 Å². The highest BCUT2D eigenvalue weighted by molar-refractivity contribution is 7.94. The molecule has 1 N–H and O–H groups in total. The molecule has 32 heavy (non-hydrogen) atoms. The maximum Gasteiger partial charge on any atom is 0.491 e. The van der Waals surface area contributed by atoms with Gasteiger partial charge in [-0.05, 0) is 43.7 Å². The van der Waals surface area contributed by atoms with Crippen LogP contribution in [0.25, 0.3) is 11.0 Å². The van der Waals surface area contributed by atoms with Gasteiger partial charge in [-0.2, -0.15) is 18.4 Å². The highest BCUT2D eigenvalue weighted by Gasteiger charge is 2.42. The van der Waals surface area contributed by atoms with Crippen LogP contribution in [0.15, 0.2) is 64.6 Å². The van der Waals surface area contributed by atoms with Gasteiger partial charge in [-0.25, -0.2) is 18.2 Å². The van der Waals surface area contributed by atoms with E-state index >= 15 is 0 Å². The summed E-state index contributed by atoms with van der Waals surface area (Å²) in [5, 5.41) is 9.03. The number of sulfone groups is 1. The number of hydrogen-bond acceptors (Lipinski definition) is 6. The van der Waals surface area contributed by atoms with Gasteiger partial charge in [0.2, 0.25) is 15.6 Å². The number of esters is 1. The molecule has 0 atom stereocenters. The molecule has 2 aromatic carbocycles. The Labute approximate surface area is 181 Å². The summed E-state index contributed by atoms with van der Waals surface area (Å²) in [6.07, 6.45) is -5.37. The lowest BCUT2D eigenvalue weighted by Gasteiger charge is -2.23. The van der Waals surface area contributed by atoms with E-state index < -0.39 is 33.2 Å². The number of nitrogens with one attached hydrogen (secondary N) is 1. The third kappa shape index (κ3) is 4.65. The van der Waals surface area contributed by atoms with E-state index in [9.17, 15) is 26.4 Å². The van der Waals surface area contributed by atoms with E-state index in [2.05, 4.69) is 14.7 Å². The molecular weight excluding hydrogens is 447 g/mol. The Balaban J connectivity index is 1.89. The van der Waals surface area contributed by atoms with E-state index in [-0.39, 0.29) is 10.3 Å². The molecule has 0 bridgehead atoms. The molecule has 166 valence electrons. The molecule has 7 nitrogen and oxygen atoms in total. The van der Waals surface area contributed by atoms with Crippen molar-refractivity contribution in [3.05, 3.63) is 71.1 Å². The largest absolute Gasteiger partial charge is 0.491 e. The monoisotopic (exact) mass is 463 g/mol. The van der Waals surface area contributed by atoms with Crippen molar-refractivity contribution in [2.45, 2.75) is 30.3 Å². The van der Waals surface area contributed by atoms with E-state index in [1.807, 2.05) is 38.1 Å². The number of nitriles is 1. The van der Waals surface area contributed by atoms with Gasteiger partial charge in [-0.15, -0.1) is 0 Å². The number of nitrogens with zero attached hydrogens (tertiary/aromatic N) is 2. The molecule has 0 saturated carbocycles. The predicted octanol–water partition coefficient (Wildman–Crippen LogP) is 4.13. The molecule has 0 fully saturated rings. The normalized spacial score (nSPS) is 13.1. The second kappa shape index (κ2) is 8.12. The first kappa shape index (κ1) is 23.0. The molecule has 0 unspecified atom stereocenters. The van der Waals surface area contributed by atoms with Gasteiger partial charge in [-0.1, -0.05) is 24.3 Å². The first-order valence-electron chi connectivity index (χ1n) is 9.06. The quantitative estimate of drug-likeness (QED) is 0.346. The molecule has 0 aliphatic heterocycles. The molecule has 3 aromatic rings. The average molecular weight is 463 g/mol. The predicted molar refractivity (Wildman–Crippen MR) is 108 cm³/mol. The molecule has 0 aliphatic carbocycles. The fraction of sp³-hybridized carbons (Fsp3) is 0.190.